The second kappa shape index (κ2) is 6.91. The van der Waals surface area contributed by atoms with Gasteiger partial charge in [-0.3, -0.25) is 0 Å². The van der Waals surface area contributed by atoms with E-state index in [1.165, 1.54) is 7.11 Å². The predicted molar refractivity (Wildman–Crippen MR) is 110 cm³/mol. The number of methoxy groups -OCH3 is 1. The van der Waals surface area contributed by atoms with E-state index in [2.05, 4.69) is 22.4 Å². The van der Waals surface area contributed by atoms with Crippen LogP contribution in [0.2, 0.25) is 0 Å². The molecule has 6 nitrogen and oxygen atoms in total. The molecule has 5 aromatic rings. The van der Waals surface area contributed by atoms with Crippen LogP contribution in [0.15, 0.2) is 77.3 Å². The highest BCUT2D eigenvalue weighted by atomic mass is 16.5. The van der Waals surface area contributed by atoms with E-state index in [4.69, 9.17) is 9.15 Å². The van der Waals surface area contributed by atoms with Gasteiger partial charge in [-0.25, -0.2) is 9.48 Å². The fourth-order valence-corrected chi connectivity index (χ4v) is 3.44. The van der Waals surface area contributed by atoms with Gasteiger partial charge in [-0.15, -0.1) is 5.10 Å². The Labute approximate surface area is 166 Å². The van der Waals surface area contributed by atoms with Gasteiger partial charge in [0.05, 0.1) is 25.4 Å². The fraction of sp³-hybridized carbons (Fsp3) is 0.0870. The van der Waals surface area contributed by atoms with Crippen molar-refractivity contribution >= 4 is 27.9 Å². The number of para-hydroxylation sites is 1. The third-order valence-electron chi connectivity index (χ3n) is 4.93. The van der Waals surface area contributed by atoms with Crippen molar-refractivity contribution in [3.63, 3.8) is 0 Å². The lowest BCUT2D eigenvalue weighted by Crippen LogP contribution is -2.03. The zero-order chi connectivity index (χ0) is 19.8. The maximum Gasteiger partial charge on any atom is 0.337 e. The minimum absolute atomic E-state index is 0.346. The molecule has 0 aliphatic carbocycles. The number of furan rings is 1. The van der Waals surface area contributed by atoms with E-state index in [-0.39, 0.29) is 5.97 Å². The fourth-order valence-electron chi connectivity index (χ4n) is 3.44. The Hall–Kier alpha value is -3.93. The number of hydrogen-bond donors (Lipinski definition) is 0. The van der Waals surface area contributed by atoms with Gasteiger partial charge >= 0.3 is 5.97 Å². The molecule has 142 valence electrons. The summed E-state index contributed by atoms with van der Waals surface area (Å²) in [4.78, 5) is 11.5. The third kappa shape index (κ3) is 3.14. The molecular weight excluding hydrogens is 366 g/mol. The molecule has 5 rings (SSSR count). The molecule has 0 atom stereocenters. The van der Waals surface area contributed by atoms with Crippen molar-refractivity contribution in [2.45, 2.75) is 6.54 Å². The van der Waals surface area contributed by atoms with Gasteiger partial charge < -0.3 is 9.15 Å². The van der Waals surface area contributed by atoms with Crippen LogP contribution < -0.4 is 0 Å². The molecule has 6 heteroatoms. The first kappa shape index (κ1) is 17.2. The number of esters is 1. The monoisotopic (exact) mass is 383 g/mol. The Morgan fingerprint density at radius 1 is 1.00 bits per heavy atom. The molecule has 0 aliphatic rings. The maximum atomic E-state index is 11.5. The quantitative estimate of drug-likeness (QED) is 0.422. The number of carbonyl (C=O) groups is 1. The van der Waals surface area contributed by atoms with Crippen molar-refractivity contribution < 1.29 is 13.9 Å². The van der Waals surface area contributed by atoms with E-state index in [0.717, 1.165) is 38.8 Å². The first-order valence-corrected chi connectivity index (χ1v) is 9.20. The zero-order valence-electron chi connectivity index (χ0n) is 15.7. The average Bonchev–Trinajstić information content (AvgIpc) is 3.37. The molecule has 2 heterocycles. The van der Waals surface area contributed by atoms with Crippen LogP contribution in [0.25, 0.3) is 33.2 Å². The van der Waals surface area contributed by atoms with Crippen molar-refractivity contribution in [1.82, 2.24) is 15.0 Å². The maximum absolute atomic E-state index is 11.5. The van der Waals surface area contributed by atoms with Crippen LogP contribution in [-0.4, -0.2) is 28.1 Å². The van der Waals surface area contributed by atoms with Crippen molar-refractivity contribution in [2.75, 3.05) is 7.11 Å². The topological polar surface area (TPSA) is 70.2 Å². The van der Waals surface area contributed by atoms with E-state index in [9.17, 15) is 4.79 Å². The lowest BCUT2D eigenvalue weighted by molar-refractivity contribution is 0.0600. The number of aromatic nitrogens is 3. The molecular formula is C23H17N3O3. The van der Waals surface area contributed by atoms with Crippen LogP contribution in [0.5, 0.6) is 0 Å². The molecule has 0 bridgehead atoms. The number of hydrogen-bond acceptors (Lipinski definition) is 5. The smallest absolute Gasteiger partial charge is 0.337 e. The summed E-state index contributed by atoms with van der Waals surface area (Å²) in [5.74, 6) is -0.346. The Bertz CT molecular complexity index is 1330. The van der Waals surface area contributed by atoms with Crippen LogP contribution >= 0.6 is 0 Å². The van der Waals surface area contributed by atoms with E-state index in [1.54, 1.807) is 16.8 Å². The Morgan fingerprint density at radius 2 is 1.79 bits per heavy atom. The average molecular weight is 383 g/mol. The van der Waals surface area contributed by atoms with Gasteiger partial charge in [-0.2, -0.15) is 0 Å². The number of rotatable bonds is 4. The van der Waals surface area contributed by atoms with E-state index >= 15 is 0 Å². The lowest BCUT2D eigenvalue weighted by Gasteiger charge is -2.03. The van der Waals surface area contributed by atoms with Gasteiger partial charge in [0.25, 0.3) is 0 Å². The molecule has 0 saturated heterocycles. The van der Waals surface area contributed by atoms with Crippen LogP contribution in [0.1, 0.15) is 15.9 Å². The highest BCUT2D eigenvalue weighted by Crippen LogP contribution is 2.31. The van der Waals surface area contributed by atoms with Crippen molar-refractivity contribution in [2.24, 2.45) is 0 Å². The Balaban J connectivity index is 1.42. The van der Waals surface area contributed by atoms with Gasteiger partial charge in [0, 0.05) is 16.3 Å². The first-order chi connectivity index (χ1) is 14.2. The summed E-state index contributed by atoms with van der Waals surface area (Å²) >= 11 is 0. The second-order valence-corrected chi connectivity index (χ2v) is 6.80. The summed E-state index contributed by atoms with van der Waals surface area (Å²) in [6, 6.07) is 21.3. The van der Waals surface area contributed by atoms with Crippen LogP contribution in [0.3, 0.4) is 0 Å². The summed E-state index contributed by atoms with van der Waals surface area (Å²) < 4.78 is 12.4. The van der Waals surface area contributed by atoms with Gasteiger partial charge in [0.15, 0.2) is 0 Å². The standard InChI is InChI=1S/C23H17N3O3/c1-28-23(27)16-8-6-15(7-9-16)13-26-14-20(24-25-26)17-10-11-22-19(12-17)18-4-2-3-5-21(18)29-22/h2-12,14H,13H2,1H3. The molecule has 0 unspecified atom stereocenters. The van der Waals surface area contributed by atoms with Crippen molar-refractivity contribution in [1.29, 1.82) is 0 Å². The molecule has 3 aromatic carbocycles. The van der Waals surface area contributed by atoms with Gasteiger partial charge in [0.2, 0.25) is 0 Å². The summed E-state index contributed by atoms with van der Waals surface area (Å²) in [7, 11) is 1.37. The van der Waals surface area contributed by atoms with Crippen LogP contribution in [0, 0.1) is 0 Å². The second-order valence-electron chi connectivity index (χ2n) is 6.80. The highest BCUT2D eigenvalue weighted by molar-refractivity contribution is 6.06. The minimum atomic E-state index is -0.346. The number of ether oxygens (including phenoxy) is 1. The number of carbonyl (C=O) groups excluding carboxylic acids is 1. The normalized spacial score (nSPS) is 11.2. The van der Waals surface area contributed by atoms with Gasteiger partial charge in [-0.05, 0) is 42.0 Å². The number of fused-ring (bicyclic) bond motifs is 3. The molecule has 0 amide bonds. The van der Waals surface area contributed by atoms with E-state index in [1.807, 2.05) is 48.7 Å². The van der Waals surface area contributed by atoms with Crippen LogP contribution in [0.4, 0.5) is 0 Å². The van der Waals surface area contributed by atoms with Gasteiger partial charge in [-0.1, -0.05) is 35.5 Å². The molecule has 0 spiro atoms. The van der Waals surface area contributed by atoms with Crippen molar-refractivity contribution in [3.8, 4) is 11.3 Å². The summed E-state index contributed by atoms with van der Waals surface area (Å²) in [5.41, 5.74) is 5.05. The summed E-state index contributed by atoms with van der Waals surface area (Å²) in [6.45, 7) is 0.561. The summed E-state index contributed by atoms with van der Waals surface area (Å²) in [5, 5.41) is 10.7. The van der Waals surface area contributed by atoms with Crippen LogP contribution in [-0.2, 0) is 11.3 Å². The molecule has 0 N–H and O–H groups in total. The number of nitrogens with zero attached hydrogens (tertiary/aromatic N) is 3. The van der Waals surface area contributed by atoms with E-state index < -0.39 is 0 Å². The summed E-state index contributed by atoms with van der Waals surface area (Å²) in [6.07, 6.45) is 1.91. The number of benzene rings is 3. The third-order valence-corrected chi connectivity index (χ3v) is 4.93. The highest BCUT2D eigenvalue weighted by Gasteiger charge is 2.11. The Morgan fingerprint density at radius 3 is 2.62 bits per heavy atom. The zero-order valence-corrected chi connectivity index (χ0v) is 15.7. The largest absolute Gasteiger partial charge is 0.465 e. The SMILES string of the molecule is COC(=O)c1ccc(Cn2cc(-c3ccc4oc5ccccc5c4c3)nn2)cc1. The minimum Gasteiger partial charge on any atom is -0.465 e. The molecule has 0 fully saturated rings. The lowest BCUT2D eigenvalue weighted by atomic mass is 10.1. The molecule has 29 heavy (non-hydrogen) atoms. The Kier molecular flexibility index (Phi) is 4.09. The first-order valence-electron chi connectivity index (χ1n) is 9.20. The van der Waals surface area contributed by atoms with E-state index in [0.29, 0.717) is 12.1 Å². The van der Waals surface area contributed by atoms with Gasteiger partial charge in [0.1, 0.15) is 16.9 Å². The molecule has 0 aliphatic heterocycles. The molecule has 0 saturated carbocycles. The molecule has 0 radical (unpaired) electrons. The van der Waals surface area contributed by atoms with Crippen molar-refractivity contribution in [3.05, 3.63) is 84.1 Å². The molecule has 2 aromatic heterocycles. The predicted octanol–water partition coefficient (Wildman–Crippen LogP) is 4.68.